The molecule has 0 radical (unpaired) electrons. The summed E-state index contributed by atoms with van der Waals surface area (Å²) in [5, 5.41) is 18.9. The molecule has 1 atom stereocenters. The van der Waals surface area contributed by atoms with Crippen LogP contribution >= 0.6 is 23.2 Å². The van der Waals surface area contributed by atoms with Crippen LogP contribution in [-0.2, 0) is 9.59 Å². The van der Waals surface area contributed by atoms with Crippen molar-refractivity contribution < 1.29 is 19.8 Å². The number of hydrogen-bond acceptors (Lipinski definition) is 3. The molecule has 1 unspecified atom stereocenters. The van der Waals surface area contributed by atoms with Gasteiger partial charge in [-0.15, -0.1) is 0 Å². The van der Waals surface area contributed by atoms with Crippen molar-refractivity contribution >= 4 is 41.0 Å². The topological polar surface area (TPSA) is 74.6 Å². The van der Waals surface area contributed by atoms with Crippen LogP contribution in [-0.4, -0.2) is 28.1 Å². The van der Waals surface area contributed by atoms with E-state index < -0.39 is 24.3 Å². The monoisotopic (exact) mass is 302 g/mol. The van der Waals surface area contributed by atoms with Gasteiger partial charge in [-0.2, -0.15) is 0 Å². The fraction of sp³-hybridized carbons (Fsp3) is 0.231. The molecule has 6 heteroatoms. The van der Waals surface area contributed by atoms with Crippen LogP contribution in [0.5, 0.6) is 0 Å². The lowest BCUT2D eigenvalue weighted by molar-refractivity contribution is -0.140. The number of aliphatic hydroxyl groups excluding tert-OH is 1. The van der Waals surface area contributed by atoms with E-state index in [4.69, 9.17) is 28.3 Å². The van der Waals surface area contributed by atoms with E-state index in [2.05, 4.69) is 0 Å². The van der Waals surface area contributed by atoms with Crippen LogP contribution in [0.25, 0.3) is 6.08 Å². The second kappa shape index (κ2) is 7.28. The van der Waals surface area contributed by atoms with E-state index in [0.29, 0.717) is 15.6 Å². The van der Waals surface area contributed by atoms with Crippen molar-refractivity contribution in [2.45, 2.75) is 18.9 Å². The van der Waals surface area contributed by atoms with Crippen molar-refractivity contribution in [2.75, 3.05) is 0 Å². The molecule has 0 heterocycles. The zero-order valence-electron chi connectivity index (χ0n) is 9.85. The molecule has 0 aliphatic carbocycles. The molecule has 0 bridgehead atoms. The highest BCUT2D eigenvalue weighted by molar-refractivity contribution is 6.35. The molecule has 2 N–H and O–H groups in total. The minimum absolute atomic E-state index is 0.242. The molecule has 4 nitrogen and oxygen atoms in total. The van der Waals surface area contributed by atoms with Crippen LogP contribution in [0.1, 0.15) is 18.4 Å². The zero-order chi connectivity index (χ0) is 14.4. The number of carbonyl (C=O) groups excluding carboxylic acids is 1. The number of aliphatic hydroxyl groups is 1. The maximum Gasteiger partial charge on any atom is 0.310 e. The number of halogens is 2. The molecule has 0 aliphatic rings. The predicted octanol–water partition coefficient (Wildman–Crippen LogP) is 2.80. The maximum absolute atomic E-state index is 11.2. The molecule has 1 aromatic rings. The van der Waals surface area contributed by atoms with Crippen molar-refractivity contribution in [3.05, 3.63) is 39.9 Å². The van der Waals surface area contributed by atoms with Gasteiger partial charge in [0, 0.05) is 16.5 Å². The Morgan fingerprint density at radius 3 is 2.58 bits per heavy atom. The third kappa shape index (κ3) is 5.87. The Kier molecular flexibility index (Phi) is 6.02. The Labute approximate surface area is 120 Å². The van der Waals surface area contributed by atoms with Gasteiger partial charge in [0.15, 0.2) is 0 Å². The summed E-state index contributed by atoms with van der Waals surface area (Å²) in [7, 11) is 0. The lowest BCUT2D eigenvalue weighted by atomic mass is 10.1. The second-order valence-electron chi connectivity index (χ2n) is 3.91. The molecule has 1 rings (SSSR count). The van der Waals surface area contributed by atoms with Gasteiger partial charge in [-0.3, -0.25) is 9.59 Å². The van der Waals surface area contributed by atoms with Gasteiger partial charge < -0.3 is 10.2 Å². The number of hydrogen-bond donors (Lipinski definition) is 2. The van der Waals surface area contributed by atoms with E-state index >= 15 is 0 Å². The van der Waals surface area contributed by atoms with Gasteiger partial charge in [-0.05, 0) is 17.7 Å². The van der Waals surface area contributed by atoms with Gasteiger partial charge in [0.1, 0.15) is 12.2 Å². The number of carboxylic acid groups (broad SMARTS) is 1. The number of aliphatic carboxylic acids is 1. The molecule has 102 valence electrons. The first kappa shape index (κ1) is 15.7. The average Bonchev–Trinajstić information content (AvgIpc) is 2.26. The summed E-state index contributed by atoms with van der Waals surface area (Å²) in [6.07, 6.45) is 1.06. The van der Waals surface area contributed by atoms with Crippen molar-refractivity contribution in [3.8, 4) is 0 Å². The summed E-state index contributed by atoms with van der Waals surface area (Å²) in [6.45, 7) is 0. The zero-order valence-corrected chi connectivity index (χ0v) is 11.4. The maximum atomic E-state index is 11.2. The van der Waals surface area contributed by atoms with E-state index in [0.717, 1.165) is 0 Å². The summed E-state index contributed by atoms with van der Waals surface area (Å²) in [6, 6.07) is 4.88. The van der Waals surface area contributed by atoms with Gasteiger partial charge in [-0.1, -0.05) is 41.4 Å². The number of carboxylic acids is 1. The Bertz CT molecular complexity index is 511. The van der Waals surface area contributed by atoms with E-state index in [9.17, 15) is 14.7 Å². The SMILES string of the molecule is O=C(O)CC(=O)CC(O)/C=C/c1ccc(Cl)cc1Cl. The fourth-order valence-electron chi connectivity index (χ4n) is 1.39. The van der Waals surface area contributed by atoms with Crippen molar-refractivity contribution in [1.82, 2.24) is 0 Å². The van der Waals surface area contributed by atoms with Crippen LogP contribution in [0.2, 0.25) is 10.0 Å². The van der Waals surface area contributed by atoms with E-state index in [1.807, 2.05) is 0 Å². The molecule has 0 fully saturated rings. The molecule has 0 aliphatic heterocycles. The van der Waals surface area contributed by atoms with Crippen LogP contribution in [0, 0.1) is 0 Å². The molecule has 0 saturated heterocycles. The highest BCUT2D eigenvalue weighted by atomic mass is 35.5. The standard InChI is InChI=1S/C13H12Cl2O4/c14-9-3-1-8(12(15)5-9)2-4-10(16)6-11(17)7-13(18)19/h1-5,10,16H,6-7H2,(H,18,19)/b4-2+. The van der Waals surface area contributed by atoms with E-state index in [-0.39, 0.29) is 6.42 Å². The van der Waals surface area contributed by atoms with Crippen molar-refractivity contribution in [3.63, 3.8) is 0 Å². The van der Waals surface area contributed by atoms with Gasteiger partial charge in [0.05, 0.1) is 6.10 Å². The van der Waals surface area contributed by atoms with E-state index in [1.165, 1.54) is 6.08 Å². The average molecular weight is 303 g/mol. The molecular weight excluding hydrogens is 291 g/mol. The van der Waals surface area contributed by atoms with Gasteiger partial charge in [0.25, 0.3) is 0 Å². The third-order valence-electron chi connectivity index (χ3n) is 2.25. The van der Waals surface area contributed by atoms with Crippen LogP contribution in [0.3, 0.4) is 0 Å². The fourth-order valence-corrected chi connectivity index (χ4v) is 1.87. The molecule has 1 aromatic carbocycles. The predicted molar refractivity (Wildman–Crippen MR) is 73.4 cm³/mol. The van der Waals surface area contributed by atoms with E-state index in [1.54, 1.807) is 24.3 Å². The molecule has 0 saturated carbocycles. The molecule has 0 amide bonds. The molecule has 0 aromatic heterocycles. The largest absolute Gasteiger partial charge is 0.481 e. The molecule has 19 heavy (non-hydrogen) atoms. The summed E-state index contributed by atoms with van der Waals surface area (Å²) in [4.78, 5) is 21.5. The minimum Gasteiger partial charge on any atom is -0.481 e. The van der Waals surface area contributed by atoms with Gasteiger partial charge in [-0.25, -0.2) is 0 Å². The Morgan fingerprint density at radius 1 is 1.32 bits per heavy atom. The quantitative estimate of drug-likeness (QED) is 0.792. The lowest BCUT2D eigenvalue weighted by Crippen LogP contribution is -2.14. The Balaban J connectivity index is 2.60. The number of rotatable bonds is 6. The summed E-state index contributed by atoms with van der Waals surface area (Å²) < 4.78 is 0. The number of benzene rings is 1. The third-order valence-corrected chi connectivity index (χ3v) is 2.81. The van der Waals surface area contributed by atoms with Crippen LogP contribution in [0.4, 0.5) is 0 Å². The summed E-state index contributed by atoms with van der Waals surface area (Å²) in [5.41, 5.74) is 0.649. The van der Waals surface area contributed by atoms with Gasteiger partial charge in [0.2, 0.25) is 0 Å². The number of carbonyl (C=O) groups is 2. The normalized spacial score (nSPS) is 12.6. The Morgan fingerprint density at radius 2 is 2.00 bits per heavy atom. The van der Waals surface area contributed by atoms with Gasteiger partial charge >= 0.3 is 5.97 Å². The van der Waals surface area contributed by atoms with Crippen LogP contribution in [0.15, 0.2) is 24.3 Å². The van der Waals surface area contributed by atoms with Crippen molar-refractivity contribution in [2.24, 2.45) is 0 Å². The minimum atomic E-state index is -1.21. The van der Waals surface area contributed by atoms with Crippen LogP contribution < -0.4 is 0 Å². The smallest absolute Gasteiger partial charge is 0.310 e. The first-order valence-electron chi connectivity index (χ1n) is 5.43. The molecule has 0 spiro atoms. The second-order valence-corrected chi connectivity index (χ2v) is 4.75. The number of Topliss-reactive ketones (excluding diaryl/α,β-unsaturated/α-hetero) is 1. The number of ketones is 1. The lowest BCUT2D eigenvalue weighted by Gasteiger charge is -2.04. The first-order valence-corrected chi connectivity index (χ1v) is 6.19. The summed E-state index contributed by atoms with van der Waals surface area (Å²) in [5.74, 6) is -1.74. The highest BCUT2D eigenvalue weighted by Gasteiger charge is 2.11. The Hall–Kier alpha value is -1.36. The highest BCUT2D eigenvalue weighted by Crippen LogP contribution is 2.22. The van der Waals surface area contributed by atoms with Crippen molar-refractivity contribution in [1.29, 1.82) is 0 Å². The first-order chi connectivity index (χ1) is 8.88. The molecular formula is C13H12Cl2O4. The summed E-state index contributed by atoms with van der Waals surface area (Å²) >= 11 is 11.7.